The lowest BCUT2D eigenvalue weighted by atomic mass is 10.3. The summed E-state index contributed by atoms with van der Waals surface area (Å²) in [6, 6.07) is 7.29. The highest BCUT2D eigenvalue weighted by Gasteiger charge is 2.20. The van der Waals surface area contributed by atoms with Gasteiger partial charge in [0.05, 0.1) is 11.4 Å². The molecule has 0 amide bonds. The standard InChI is InChI=1S/C10H12N10/c1-18(2)20-10(13-15-17-20)9-12-14-16-19(9)8-6-4-3-5-7(8)11/h3-6H,11H2,1-2H3. The van der Waals surface area contributed by atoms with Crippen molar-refractivity contribution in [1.29, 1.82) is 0 Å². The van der Waals surface area contributed by atoms with Crippen LogP contribution in [0.1, 0.15) is 0 Å². The summed E-state index contributed by atoms with van der Waals surface area (Å²) in [6.07, 6.45) is 0. The van der Waals surface area contributed by atoms with Crippen LogP contribution in [0.5, 0.6) is 0 Å². The molecule has 2 aromatic heterocycles. The molecule has 0 spiro atoms. The van der Waals surface area contributed by atoms with Gasteiger partial charge in [-0.3, -0.25) is 5.01 Å². The third kappa shape index (κ3) is 1.83. The molecule has 2 N–H and O–H groups in total. The highest BCUT2D eigenvalue weighted by molar-refractivity contribution is 5.60. The van der Waals surface area contributed by atoms with Gasteiger partial charge in [-0.1, -0.05) is 12.1 Å². The number of rotatable bonds is 3. The average molecular weight is 272 g/mol. The van der Waals surface area contributed by atoms with Gasteiger partial charge in [0.15, 0.2) is 0 Å². The molecule has 0 bridgehead atoms. The molecular formula is C10H12N10. The van der Waals surface area contributed by atoms with E-state index in [9.17, 15) is 0 Å². The first-order valence-electron chi connectivity index (χ1n) is 5.78. The van der Waals surface area contributed by atoms with Crippen molar-refractivity contribution in [1.82, 2.24) is 40.5 Å². The first kappa shape index (κ1) is 12.0. The molecule has 20 heavy (non-hydrogen) atoms. The Morgan fingerprint density at radius 1 is 1.00 bits per heavy atom. The average Bonchev–Trinajstić information content (AvgIpc) is 3.07. The summed E-state index contributed by atoms with van der Waals surface area (Å²) in [5.74, 6) is 0.824. The number of nitrogens with two attached hydrogens (primary N) is 1. The van der Waals surface area contributed by atoms with Gasteiger partial charge in [-0.05, 0) is 33.0 Å². The topological polar surface area (TPSA) is 116 Å². The van der Waals surface area contributed by atoms with Gasteiger partial charge >= 0.3 is 0 Å². The van der Waals surface area contributed by atoms with E-state index >= 15 is 0 Å². The van der Waals surface area contributed by atoms with Crippen molar-refractivity contribution in [3.05, 3.63) is 24.3 Å². The molecule has 10 nitrogen and oxygen atoms in total. The van der Waals surface area contributed by atoms with E-state index in [0.29, 0.717) is 23.0 Å². The minimum Gasteiger partial charge on any atom is -0.397 e. The van der Waals surface area contributed by atoms with Crippen molar-refractivity contribution in [3.63, 3.8) is 0 Å². The third-order valence-electron chi connectivity index (χ3n) is 2.67. The molecule has 102 valence electrons. The fourth-order valence-electron chi connectivity index (χ4n) is 1.76. The minimum absolute atomic E-state index is 0.404. The van der Waals surface area contributed by atoms with Gasteiger partial charge in [0.1, 0.15) is 0 Å². The van der Waals surface area contributed by atoms with E-state index in [4.69, 9.17) is 5.73 Å². The minimum atomic E-state index is 0.404. The Bertz CT molecular complexity index is 727. The Morgan fingerprint density at radius 3 is 2.45 bits per heavy atom. The summed E-state index contributed by atoms with van der Waals surface area (Å²) in [4.78, 5) is 1.49. The summed E-state index contributed by atoms with van der Waals surface area (Å²) in [7, 11) is 3.62. The number of anilines is 1. The maximum absolute atomic E-state index is 5.95. The van der Waals surface area contributed by atoms with Crippen LogP contribution in [0.2, 0.25) is 0 Å². The van der Waals surface area contributed by atoms with Crippen LogP contribution in [-0.2, 0) is 0 Å². The van der Waals surface area contributed by atoms with Crippen molar-refractivity contribution in [2.24, 2.45) is 0 Å². The van der Waals surface area contributed by atoms with Gasteiger partial charge < -0.3 is 5.73 Å². The Hall–Kier alpha value is -3.04. The zero-order chi connectivity index (χ0) is 14.1. The molecule has 2 heterocycles. The van der Waals surface area contributed by atoms with Gasteiger partial charge in [-0.15, -0.1) is 15.0 Å². The maximum atomic E-state index is 5.95. The first-order valence-corrected chi connectivity index (χ1v) is 5.78. The fourth-order valence-corrected chi connectivity index (χ4v) is 1.76. The number of nitrogens with zero attached hydrogens (tertiary/aromatic N) is 9. The molecule has 0 unspecified atom stereocenters. The monoisotopic (exact) mass is 272 g/mol. The predicted octanol–water partition coefficient (Wildman–Crippen LogP) is -0.904. The Balaban J connectivity index is 2.16. The van der Waals surface area contributed by atoms with E-state index in [1.807, 2.05) is 32.3 Å². The second-order valence-electron chi connectivity index (χ2n) is 4.21. The van der Waals surface area contributed by atoms with Crippen LogP contribution in [0, 0.1) is 0 Å². The lowest BCUT2D eigenvalue weighted by Gasteiger charge is -2.12. The van der Waals surface area contributed by atoms with Crippen LogP contribution in [-0.4, -0.2) is 54.6 Å². The maximum Gasteiger partial charge on any atom is 0.243 e. The Labute approximate surface area is 113 Å². The molecule has 10 heteroatoms. The van der Waals surface area contributed by atoms with E-state index < -0.39 is 0 Å². The summed E-state index contributed by atoms with van der Waals surface area (Å²) >= 11 is 0. The van der Waals surface area contributed by atoms with E-state index in [1.54, 1.807) is 11.1 Å². The van der Waals surface area contributed by atoms with Crippen LogP contribution in [0.15, 0.2) is 24.3 Å². The van der Waals surface area contributed by atoms with Crippen molar-refractivity contribution < 1.29 is 0 Å². The highest BCUT2D eigenvalue weighted by atomic mass is 15.7. The summed E-state index contributed by atoms with van der Waals surface area (Å²) in [5.41, 5.74) is 7.17. The molecule has 0 fully saturated rings. The number of tetrazole rings is 2. The summed E-state index contributed by atoms with van der Waals surface area (Å²) in [6.45, 7) is 0. The summed E-state index contributed by atoms with van der Waals surface area (Å²) in [5, 5.41) is 24.8. The van der Waals surface area contributed by atoms with Gasteiger partial charge in [0.2, 0.25) is 11.6 Å². The van der Waals surface area contributed by atoms with Crippen molar-refractivity contribution in [2.75, 3.05) is 24.8 Å². The lowest BCUT2D eigenvalue weighted by molar-refractivity contribution is 0.611. The van der Waals surface area contributed by atoms with Crippen LogP contribution in [0.3, 0.4) is 0 Å². The third-order valence-corrected chi connectivity index (χ3v) is 2.67. The zero-order valence-corrected chi connectivity index (χ0v) is 10.9. The van der Waals surface area contributed by atoms with Gasteiger partial charge in [0.25, 0.3) is 0 Å². The number of aromatic nitrogens is 8. The van der Waals surface area contributed by atoms with Crippen molar-refractivity contribution in [2.45, 2.75) is 0 Å². The lowest BCUT2D eigenvalue weighted by Crippen LogP contribution is -2.27. The van der Waals surface area contributed by atoms with Gasteiger partial charge in [0, 0.05) is 14.1 Å². The Morgan fingerprint density at radius 2 is 1.70 bits per heavy atom. The van der Waals surface area contributed by atoms with Gasteiger partial charge in [-0.2, -0.15) is 4.68 Å². The Kier molecular flexibility index (Phi) is 2.75. The number of hydrogen-bond acceptors (Lipinski definition) is 8. The van der Waals surface area contributed by atoms with E-state index in [-0.39, 0.29) is 0 Å². The molecular weight excluding hydrogens is 260 g/mol. The molecule has 0 saturated carbocycles. The normalized spacial score (nSPS) is 10.7. The number of hydrogen-bond donors (Lipinski definition) is 1. The SMILES string of the molecule is CN(C)n1nnnc1-c1nnnn1-c1ccccc1N. The van der Waals surface area contributed by atoms with Crippen molar-refractivity contribution >= 4 is 5.69 Å². The van der Waals surface area contributed by atoms with Crippen LogP contribution < -0.4 is 10.7 Å². The molecule has 0 saturated heterocycles. The highest BCUT2D eigenvalue weighted by Crippen LogP contribution is 2.20. The van der Waals surface area contributed by atoms with Crippen molar-refractivity contribution in [3.8, 4) is 17.3 Å². The first-order chi connectivity index (χ1) is 9.68. The number of nitrogen functional groups attached to an aromatic ring is 1. The van der Waals surface area contributed by atoms with E-state index in [1.165, 1.54) is 9.47 Å². The number of para-hydroxylation sites is 2. The molecule has 0 atom stereocenters. The molecule has 3 rings (SSSR count). The van der Waals surface area contributed by atoms with E-state index in [0.717, 1.165) is 0 Å². The largest absolute Gasteiger partial charge is 0.397 e. The molecule has 1 aromatic carbocycles. The van der Waals surface area contributed by atoms with E-state index in [2.05, 4.69) is 31.1 Å². The fraction of sp³-hybridized carbons (Fsp3) is 0.200. The number of benzene rings is 1. The molecule has 0 aliphatic heterocycles. The van der Waals surface area contributed by atoms with Crippen LogP contribution in [0.25, 0.3) is 17.3 Å². The van der Waals surface area contributed by atoms with Gasteiger partial charge in [-0.25, -0.2) is 0 Å². The predicted molar refractivity (Wildman–Crippen MR) is 70.4 cm³/mol. The molecule has 0 radical (unpaired) electrons. The smallest absolute Gasteiger partial charge is 0.243 e. The van der Waals surface area contributed by atoms with Crippen LogP contribution in [0.4, 0.5) is 5.69 Å². The summed E-state index contributed by atoms with van der Waals surface area (Å²) < 4.78 is 1.50. The van der Waals surface area contributed by atoms with Crippen LogP contribution >= 0.6 is 0 Å². The molecule has 0 aliphatic carbocycles. The zero-order valence-electron chi connectivity index (χ0n) is 10.9. The second-order valence-corrected chi connectivity index (χ2v) is 4.21. The quantitative estimate of drug-likeness (QED) is 0.609. The molecule has 0 aliphatic rings. The second kappa shape index (κ2) is 4.57. The molecule has 3 aromatic rings.